The number of nitrogens with one attached hydrogen (secondary N) is 1. The fraction of sp³-hybridized carbons (Fsp3) is 0.0625. The van der Waals surface area contributed by atoms with Crippen molar-refractivity contribution in [3.63, 3.8) is 0 Å². The fourth-order valence-corrected chi connectivity index (χ4v) is 3.46. The predicted molar refractivity (Wildman–Crippen MR) is 99.4 cm³/mol. The van der Waals surface area contributed by atoms with Crippen LogP contribution in [-0.2, 0) is 4.74 Å². The van der Waals surface area contributed by atoms with Gasteiger partial charge < -0.3 is 9.72 Å². The van der Waals surface area contributed by atoms with E-state index in [9.17, 15) is 9.59 Å². The van der Waals surface area contributed by atoms with E-state index in [2.05, 4.69) is 30.6 Å². The van der Waals surface area contributed by atoms with E-state index in [1.165, 1.54) is 36.6 Å². The molecule has 5 nitrogen and oxygen atoms in total. The van der Waals surface area contributed by atoms with Crippen LogP contribution in [0.3, 0.4) is 0 Å². The smallest absolute Gasteiger partial charge is 0.337 e. The number of benzene rings is 1. The monoisotopic (exact) mass is 424 g/mol. The maximum Gasteiger partial charge on any atom is 0.337 e. The molecule has 1 N–H and O–H groups in total. The van der Waals surface area contributed by atoms with Gasteiger partial charge in [-0.1, -0.05) is 11.6 Å². The molecule has 1 aromatic carbocycles. The topological polar surface area (TPSA) is 72.1 Å². The number of aromatic nitrogens is 2. The molecule has 0 aliphatic carbocycles. The van der Waals surface area contributed by atoms with E-state index >= 15 is 0 Å². The van der Waals surface area contributed by atoms with E-state index in [1.807, 2.05) is 11.4 Å². The second kappa shape index (κ2) is 6.88. The molecule has 24 heavy (non-hydrogen) atoms. The molecule has 0 bridgehead atoms. The first-order valence-corrected chi connectivity index (χ1v) is 8.77. The number of ether oxygens (including phenoxy) is 1. The first-order valence-electron chi connectivity index (χ1n) is 6.72. The van der Waals surface area contributed by atoms with E-state index in [4.69, 9.17) is 11.6 Å². The Hall–Kier alpha value is -1.96. The van der Waals surface area contributed by atoms with Crippen molar-refractivity contribution in [3.05, 3.63) is 60.7 Å². The maximum atomic E-state index is 12.2. The van der Waals surface area contributed by atoms with Crippen molar-refractivity contribution in [2.24, 2.45) is 0 Å². The number of hydrogen-bond acceptors (Lipinski definition) is 5. The summed E-state index contributed by atoms with van der Waals surface area (Å²) in [6, 6.07) is 6.46. The second-order valence-corrected chi connectivity index (χ2v) is 7.51. The summed E-state index contributed by atoms with van der Waals surface area (Å²) in [5.74, 6) is -0.260. The van der Waals surface area contributed by atoms with E-state index in [-0.39, 0.29) is 11.4 Å². The number of aromatic amines is 1. The number of nitrogens with zero attached hydrogens (tertiary/aromatic N) is 1. The molecule has 0 aliphatic rings. The number of fused-ring (bicyclic) bond motifs is 1. The highest BCUT2D eigenvalue weighted by molar-refractivity contribution is 9.11. The van der Waals surface area contributed by atoms with E-state index in [1.54, 1.807) is 6.08 Å². The van der Waals surface area contributed by atoms with Gasteiger partial charge in [0.1, 0.15) is 0 Å². The van der Waals surface area contributed by atoms with Crippen molar-refractivity contribution in [2.45, 2.75) is 0 Å². The lowest BCUT2D eigenvalue weighted by molar-refractivity contribution is 0.0601. The van der Waals surface area contributed by atoms with Crippen LogP contribution in [0.15, 0.2) is 38.2 Å². The standard InChI is InChI=1S/C16H10BrClN2O3S/c1-23-16(22)9-2-3-10-12(6-9)19-14(20-15(10)21)11(18)4-8-5-13(17)24-7-8/h2-7H,1H3,(H,19,20,21)/b11-4-. The van der Waals surface area contributed by atoms with Gasteiger partial charge in [0, 0.05) is 0 Å². The summed E-state index contributed by atoms with van der Waals surface area (Å²) in [5, 5.41) is 2.58. The zero-order chi connectivity index (χ0) is 17.3. The number of H-pyrrole nitrogens is 1. The Morgan fingerprint density at radius 3 is 2.88 bits per heavy atom. The maximum absolute atomic E-state index is 12.2. The molecule has 122 valence electrons. The first-order chi connectivity index (χ1) is 11.5. The SMILES string of the molecule is COC(=O)c1ccc2c(=O)[nH]c(/C(Cl)=C/c3csc(Br)c3)nc2c1. The fourth-order valence-electron chi connectivity index (χ4n) is 2.11. The molecule has 8 heteroatoms. The minimum atomic E-state index is -0.495. The zero-order valence-corrected chi connectivity index (χ0v) is 15.5. The molecule has 0 saturated carbocycles. The number of halogens is 2. The molecule has 0 atom stereocenters. The third-order valence-electron chi connectivity index (χ3n) is 3.23. The van der Waals surface area contributed by atoms with Crippen molar-refractivity contribution < 1.29 is 9.53 Å². The minimum Gasteiger partial charge on any atom is -0.465 e. The van der Waals surface area contributed by atoms with E-state index in [0.29, 0.717) is 21.5 Å². The quantitative estimate of drug-likeness (QED) is 0.636. The number of carbonyl (C=O) groups is 1. The lowest BCUT2D eigenvalue weighted by Gasteiger charge is -2.04. The van der Waals surface area contributed by atoms with Crippen molar-refractivity contribution in [1.82, 2.24) is 9.97 Å². The Bertz CT molecular complexity index is 1030. The largest absolute Gasteiger partial charge is 0.465 e. The van der Waals surface area contributed by atoms with Gasteiger partial charge in [-0.05, 0) is 57.2 Å². The van der Waals surface area contributed by atoms with Gasteiger partial charge in [-0.2, -0.15) is 0 Å². The average molecular weight is 426 g/mol. The minimum absolute atomic E-state index is 0.235. The van der Waals surface area contributed by atoms with Gasteiger partial charge in [-0.3, -0.25) is 4.79 Å². The Morgan fingerprint density at radius 1 is 1.42 bits per heavy atom. The average Bonchev–Trinajstić information content (AvgIpc) is 2.98. The number of methoxy groups -OCH3 is 1. The molecule has 0 aliphatic heterocycles. The van der Waals surface area contributed by atoms with Crippen LogP contribution in [0.4, 0.5) is 0 Å². The summed E-state index contributed by atoms with van der Waals surface area (Å²) in [7, 11) is 1.29. The molecule has 0 spiro atoms. The van der Waals surface area contributed by atoms with Crippen LogP contribution in [0.25, 0.3) is 22.0 Å². The van der Waals surface area contributed by atoms with Gasteiger partial charge in [0.05, 0.1) is 32.4 Å². The van der Waals surface area contributed by atoms with Crippen LogP contribution in [0, 0.1) is 0 Å². The highest BCUT2D eigenvalue weighted by Crippen LogP contribution is 2.26. The molecule has 2 aromatic heterocycles. The Labute approximate surface area is 154 Å². The number of hydrogen-bond donors (Lipinski definition) is 1. The zero-order valence-electron chi connectivity index (χ0n) is 12.3. The number of esters is 1. The van der Waals surface area contributed by atoms with Gasteiger partial charge in [0.25, 0.3) is 5.56 Å². The normalized spacial score (nSPS) is 11.7. The van der Waals surface area contributed by atoms with Crippen LogP contribution in [0.1, 0.15) is 21.7 Å². The number of rotatable bonds is 3. The third-order valence-corrected chi connectivity index (χ3v) is 5.05. The molecule has 2 heterocycles. The van der Waals surface area contributed by atoms with Gasteiger partial charge in [-0.25, -0.2) is 9.78 Å². The van der Waals surface area contributed by atoms with E-state index < -0.39 is 5.97 Å². The lowest BCUT2D eigenvalue weighted by Crippen LogP contribution is -2.11. The molecule has 3 rings (SSSR count). The molecule has 0 amide bonds. The second-order valence-electron chi connectivity index (χ2n) is 4.81. The van der Waals surface area contributed by atoms with Crippen molar-refractivity contribution in [1.29, 1.82) is 0 Å². The Morgan fingerprint density at radius 2 is 2.21 bits per heavy atom. The van der Waals surface area contributed by atoms with Crippen molar-refractivity contribution in [3.8, 4) is 0 Å². The predicted octanol–water partition coefficient (Wildman–Crippen LogP) is 4.27. The van der Waals surface area contributed by atoms with E-state index in [0.717, 1.165) is 9.35 Å². The van der Waals surface area contributed by atoms with Crippen molar-refractivity contribution >= 4 is 66.8 Å². The van der Waals surface area contributed by atoms with Gasteiger partial charge in [-0.15, -0.1) is 11.3 Å². The van der Waals surface area contributed by atoms with Gasteiger partial charge in [0.2, 0.25) is 0 Å². The molecule has 0 radical (unpaired) electrons. The van der Waals surface area contributed by atoms with Crippen LogP contribution in [-0.4, -0.2) is 23.0 Å². The molecular formula is C16H10BrClN2O3S. The van der Waals surface area contributed by atoms with Crippen LogP contribution in [0.5, 0.6) is 0 Å². The lowest BCUT2D eigenvalue weighted by atomic mass is 10.1. The Kier molecular flexibility index (Phi) is 4.84. The molecule has 0 saturated heterocycles. The molecule has 0 unspecified atom stereocenters. The van der Waals surface area contributed by atoms with Gasteiger partial charge in [0.15, 0.2) is 5.82 Å². The van der Waals surface area contributed by atoms with Crippen LogP contribution < -0.4 is 5.56 Å². The number of carbonyl (C=O) groups excluding carboxylic acids is 1. The van der Waals surface area contributed by atoms with Gasteiger partial charge >= 0.3 is 5.97 Å². The molecular weight excluding hydrogens is 416 g/mol. The highest BCUT2D eigenvalue weighted by atomic mass is 79.9. The summed E-state index contributed by atoms with van der Waals surface area (Å²) in [5.41, 5.74) is 1.25. The first kappa shape index (κ1) is 16.9. The summed E-state index contributed by atoms with van der Waals surface area (Å²) >= 11 is 11.2. The molecule has 0 fully saturated rings. The number of thiophene rings is 1. The van der Waals surface area contributed by atoms with Crippen LogP contribution in [0.2, 0.25) is 0 Å². The summed E-state index contributed by atoms with van der Waals surface area (Å²) < 4.78 is 5.65. The molecule has 3 aromatic rings. The van der Waals surface area contributed by atoms with Crippen LogP contribution >= 0.6 is 38.9 Å². The summed E-state index contributed by atoms with van der Waals surface area (Å²) in [6.45, 7) is 0. The summed E-state index contributed by atoms with van der Waals surface area (Å²) in [4.78, 5) is 30.8. The Balaban J connectivity index is 2.10. The summed E-state index contributed by atoms with van der Waals surface area (Å²) in [6.07, 6.45) is 1.71. The third kappa shape index (κ3) is 3.43. The highest BCUT2D eigenvalue weighted by Gasteiger charge is 2.11. The van der Waals surface area contributed by atoms with Crippen molar-refractivity contribution in [2.75, 3.05) is 7.11 Å².